The molecule has 0 saturated heterocycles. The summed E-state index contributed by atoms with van der Waals surface area (Å²) in [6.45, 7) is 0. The minimum absolute atomic E-state index is 0.112. The zero-order chi connectivity index (χ0) is 12.3. The van der Waals surface area contributed by atoms with Crippen LogP contribution in [0.3, 0.4) is 0 Å². The molecule has 16 heavy (non-hydrogen) atoms. The third-order valence-corrected chi connectivity index (χ3v) is 2.69. The summed E-state index contributed by atoms with van der Waals surface area (Å²) in [6, 6.07) is 0.936. The summed E-state index contributed by atoms with van der Waals surface area (Å²) in [5.41, 5.74) is -0.580. The summed E-state index contributed by atoms with van der Waals surface area (Å²) in [5, 5.41) is 0. The van der Waals surface area contributed by atoms with Gasteiger partial charge < -0.3 is 4.74 Å². The zero-order valence-corrected chi connectivity index (χ0v) is 10.3. The van der Waals surface area contributed by atoms with Crippen LogP contribution in [0.2, 0.25) is 0 Å². The standard InChI is InChI=1S/C9H7F3INO2/c1-16-6(15)3-4-2-5(7(10)11)9(13)14-8(4)12/h2,7H,3H2,1H3. The van der Waals surface area contributed by atoms with Gasteiger partial charge in [-0.05, 0) is 28.7 Å². The van der Waals surface area contributed by atoms with E-state index < -0.39 is 24.8 Å². The Morgan fingerprint density at radius 1 is 1.62 bits per heavy atom. The van der Waals surface area contributed by atoms with Crippen molar-refractivity contribution in [3.8, 4) is 0 Å². The number of methoxy groups -OCH3 is 1. The van der Waals surface area contributed by atoms with Crippen LogP contribution in [0.25, 0.3) is 0 Å². The third-order valence-electron chi connectivity index (χ3n) is 1.83. The quantitative estimate of drug-likeness (QED) is 0.480. The molecule has 0 fully saturated rings. The summed E-state index contributed by atoms with van der Waals surface area (Å²) < 4.78 is 42.4. The lowest BCUT2D eigenvalue weighted by molar-refractivity contribution is -0.139. The molecule has 1 rings (SSSR count). The summed E-state index contributed by atoms with van der Waals surface area (Å²) in [6.07, 6.45) is -3.16. The number of pyridine rings is 1. The molecule has 0 unspecified atom stereocenters. The molecule has 0 N–H and O–H groups in total. The van der Waals surface area contributed by atoms with E-state index in [1.165, 1.54) is 22.6 Å². The summed E-state index contributed by atoms with van der Waals surface area (Å²) in [5.74, 6) is -1.64. The van der Waals surface area contributed by atoms with Crippen LogP contribution in [0.4, 0.5) is 13.2 Å². The van der Waals surface area contributed by atoms with Crippen LogP contribution in [0, 0.1) is 9.65 Å². The van der Waals surface area contributed by atoms with Gasteiger partial charge in [0.05, 0.1) is 19.1 Å². The van der Waals surface area contributed by atoms with Gasteiger partial charge in [-0.3, -0.25) is 4.79 Å². The lowest BCUT2D eigenvalue weighted by atomic mass is 10.1. The van der Waals surface area contributed by atoms with Crippen LogP contribution in [0.5, 0.6) is 0 Å². The van der Waals surface area contributed by atoms with Crippen molar-refractivity contribution in [2.75, 3.05) is 7.11 Å². The van der Waals surface area contributed by atoms with Crippen molar-refractivity contribution < 1.29 is 22.7 Å². The minimum atomic E-state index is -2.75. The van der Waals surface area contributed by atoms with E-state index in [2.05, 4.69) is 9.72 Å². The second kappa shape index (κ2) is 5.46. The first-order valence-electron chi connectivity index (χ1n) is 4.15. The van der Waals surface area contributed by atoms with Crippen LogP contribution in [-0.2, 0) is 16.0 Å². The zero-order valence-electron chi connectivity index (χ0n) is 8.14. The molecule has 0 bridgehead atoms. The van der Waals surface area contributed by atoms with Gasteiger partial charge in [0.25, 0.3) is 6.43 Å². The lowest BCUT2D eigenvalue weighted by Gasteiger charge is -2.07. The molecular formula is C9H7F3INO2. The molecule has 1 aromatic heterocycles. The Kier molecular flexibility index (Phi) is 4.51. The Bertz CT molecular complexity index is 412. The predicted molar refractivity (Wildman–Crippen MR) is 57.6 cm³/mol. The van der Waals surface area contributed by atoms with Gasteiger partial charge in [-0.15, -0.1) is 0 Å². The molecule has 0 saturated carbocycles. The number of hydrogen-bond donors (Lipinski definition) is 0. The molecule has 0 aliphatic rings. The minimum Gasteiger partial charge on any atom is -0.469 e. The topological polar surface area (TPSA) is 39.2 Å². The average Bonchev–Trinajstić information content (AvgIpc) is 2.21. The van der Waals surface area contributed by atoms with Crippen LogP contribution in [0.1, 0.15) is 17.6 Å². The molecule has 0 aliphatic heterocycles. The van der Waals surface area contributed by atoms with E-state index in [0.29, 0.717) is 0 Å². The number of carbonyl (C=O) groups is 1. The number of hydrogen-bond acceptors (Lipinski definition) is 3. The van der Waals surface area contributed by atoms with E-state index in [-0.39, 0.29) is 14.8 Å². The number of alkyl halides is 2. The van der Waals surface area contributed by atoms with Gasteiger partial charge in [-0.1, -0.05) is 0 Å². The van der Waals surface area contributed by atoms with Crippen molar-refractivity contribution in [2.45, 2.75) is 12.8 Å². The van der Waals surface area contributed by atoms with Gasteiger partial charge in [0, 0.05) is 5.56 Å². The van der Waals surface area contributed by atoms with Crippen molar-refractivity contribution in [3.05, 3.63) is 26.8 Å². The van der Waals surface area contributed by atoms with E-state index >= 15 is 0 Å². The molecule has 0 aliphatic carbocycles. The average molecular weight is 345 g/mol. The Balaban J connectivity index is 3.09. The number of halogens is 4. The van der Waals surface area contributed by atoms with Crippen LogP contribution < -0.4 is 0 Å². The Hall–Kier alpha value is -0.860. The third kappa shape index (κ3) is 3.06. The molecule has 3 nitrogen and oxygen atoms in total. The second-order valence-corrected chi connectivity index (χ2v) is 3.89. The van der Waals surface area contributed by atoms with Gasteiger partial charge in [0.15, 0.2) is 0 Å². The summed E-state index contributed by atoms with van der Waals surface area (Å²) >= 11 is 1.51. The number of rotatable bonds is 3. The second-order valence-electron chi connectivity index (χ2n) is 2.87. The highest BCUT2D eigenvalue weighted by Crippen LogP contribution is 2.25. The Labute approximate surface area is 103 Å². The predicted octanol–water partition coefficient (Wildman–Crippen LogP) is 2.48. The normalized spacial score (nSPS) is 10.6. The number of carbonyl (C=O) groups excluding carboxylic acids is 1. The van der Waals surface area contributed by atoms with Crippen molar-refractivity contribution in [1.29, 1.82) is 0 Å². The number of esters is 1. The van der Waals surface area contributed by atoms with E-state index in [0.717, 1.165) is 13.2 Å². The van der Waals surface area contributed by atoms with Crippen molar-refractivity contribution in [3.63, 3.8) is 0 Å². The largest absolute Gasteiger partial charge is 0.469 e. The fourth-order valence-electron chi connectivity index (χ4n) is 1.03. The molecule has 0 aromatic carbocycles. The van der Waals surface area contributed by atoms with Crippen molar-refractivity contribution in [1.82, 2.24) is 4.98 Å². The molecule has 0 atom stereocenters. The highest BCUT2D eigenvalue weighted by Gasteiger charge is 2.18. The highest BCUT2D eigenvalue weighted by atomic mass is 127. The summed E-state index contributed by atoms with van der Waals surface area (Å²) in [7, 11) is 1.13. The molecule has 7 heteroatoms. The first-order chi connectivity index (χ1) is 7.45. The monoisotopic (exact) mass is 345 g/mol. The maximum Gasteiger partial charge on any atom is 0.310 e. The van der Waals surface area contributed by atoms with Gasteiger partial charge >= 0.3 is 5.97 Å². The maximum absolute atomic E-state index is 13.2. The lowest BCUT2D eigenvalue weighted by Crippen LogP contribution is -2.09. The Morgan fingerprint density at radius 2 is 2.25 bits per heavy atom. The molecule has 0 radical (unpaired) electrons. The smallest absolute Gasteiger partial charge is 0.310 e. The fraction of sp³-hybridized carbons (Fsp3) is 0.333. The van der Waals surface area contributed by atoms with Crippen molar-refractivity contribution >= 4 is 28.6 Å². The van der Waals surface area contributed by atoms with Crippen molar-refractivity contribution in [2.24, 2.45) is 0 Å². The first-order valence-corrected chi connectivity index (χ1v) is 5.23. The van der Waals surface area contributed by atoms with E-state index in [1.807, 2.05) is 0 Å². The van der Waals surface area contributed by atoms with E-state index in [9.17, 15) is 18.0 Å². The van der Waals surface area contributed by atoms with E-state index in [1.54, 1.807) is 0 Å². The molecule has 1 aromatic rings. The molecule has 0 amide bonds. The first kappa shape index (κ1) is 13.2. The van der Waals surface area contributed by atoms with Gasteiger partial charge in [0.1, 0.15) is 3.70 Å². The number of aromatic nitrogens is 1. The van der Waals surface area contributed by atoms with Crippen LogP contribution in [0.15, 0.2) is 6.07 Å². The van der Waals surface area contributed by atoms with Crippen LogP contribution >= 0.6 is 22.6 Å². The maximum atomic E-state index is 13.2. The number of nitrogens with zero attached hydrogens (tertiary/aromatic N) is 1. The molecule has 0 spiro atoms. The molecular weight excluding hydrogens is 338 g/mol. The van der Waals surface area contributed by atoms with Crippen LogP contribution in [-0.4, -0.2) is 18.1 Å². The SMILES string of the molecule is COC(=O)Cc1cc(C(F)F)c(I)nc1F. The number of ether oxygens (including phenoxy) is 1. The summed E-state index contributed by atoms with van der Waals surface area (Å²) in [4.78, 5) is 14.2. The molecule has 88 valence electrons. The van der Waals surface area contributed by atoms with Gasteiger partial charge in [-0.25, -0.2) is 13.8 Å². The van der Waals surface area contributed by atoms with E-state index in [4.69, 9.17) is 0 Å². The van der Waals surface area contributed by atoms with Gasteiger partial charge in [0.2, 0.25) is 5.95 Å². The molecule has 1 heterocycles. The highest BCUT2D eigenvalue weighted by molar-refractivity contribution is 14.1. The Morgan fingerprint density at radius 3 is 2.75 bits per heavy atom. The van der Waals surface area contributed by atoms with Gasteiger partial charge in [-0.2, -0.15) is 4.39 Å². The fourth-order valence-corrected chi connectivity index (χ4v) is 1.64.